The standard InChI is InChI=1S/C28H27F4N3O2/c1-37-22-7-4-6-21(15-22)34-11-12-35-25-10-9-20(28(30,31)32)13-19(25)14-23(26(35)17-34)27(36)33-16-18-5-2-3-8-24(18)29/h2-10,13,15,23,26H,11-12,14,16-17H2,1H3,(H,33,36)/t23-,26-/m0/s1. The van der Waals surface area contributed by atoms with E-state index >= 15 is 0 Å². The summed E-state index contributed by atoms with van der Waals surface area (Å²) in [5.74, 6) is -0.632. The van der Waals surface area contributed by atoms with Crippen molar-refractivity contribution in [2.45, 2.75) is 25.2 Å². The fourth-order valence-electron chi connectivity index (χ4n) is 5.30. The molecule has 2 aliphatic rings. The first-order valence-corrected chi connectivity index (χ1v) is 12.1. The average molecular weight is 514 g/mol. The highest BCUT2D eigenvalue weighted by Gasteiger charge is 2.42. The Morgan fingerprint density at radius 2 is 1.86 bits per heavy atom. The molecular formula is C28H27F4N3O2. The van der Waals surface area contributed by atoms with Gasteiger partial charge in [0, 0.05) is 49.2 Å². The normalized spacial score (nSPS) is 19.2. The molecule has 3 aromatic carbocycles. The minimum Gasteiger partial charge on any atom is -0.497 e. The van der Waals surface area contributed by atoms with Gasteiger partial charge in [0.2, 0.25) is 5.91 Å². The number of carbonyl (C=O) groups excluding carboxylic acids is 1. The van der Waals surface area contributed by atoms with Crippen molar-refractivity contribution < 1.29 is 27.1 Å². The number of piperazine rings is 1. The molecule has 1 amide bonds. The second-order valence-corrected chi connectivity index (χ2v) is 9.37. The fraction of sp³-hybridized carbons (Fsp3) is 0.321. The number of ether oxygens (including phenoxy) is 1. The molecule has 9 heteroatoms. The maximum Gasteiger partial charge on any atom is 0.416 e. The van der Waals surface area contributed by atoms with Crippen LogP contribution in [0, 0.1) is 11.7 Å². The number of nitrogens with zero attached hydrogens (tertiary/aromatic N) is 2. The van der Waals surface area contributed by atoms with Crippen LogP contribution in [0.15, 0.2) is 66.7 Å². The lowest BCUT2D eigenvalue weighted by Crippen LogP contribution is -2.61. The van der Waals surface area contributed by atoms with Gasteiger partial charge in [0.1, 0.15) is 11.6 Å². The van der Waals surface area contributed by atoms with Crippen LogP contribution in [0.2, 0.25) is 0 Å². The van der Waals surface area contributed by atoms with E-state index in [0.29, 0.717) is 36.5 Å². The number of benzene rings is 3. The van der Waals surface area contributed by atoms with E-state index in [1.807, 2.05) is 29.2 Å². The maximum absolute atomic E-state index is 14.1. The van der Waals surface area contributed by atoms with Gasteiger partial charge in [-0.25, -0.2) is 4.39 Å². The summed E-state index contributed by atoms with van der Waals surface area (Å²) in [6.45, 7) is 1.68. The highest BCUT2D eigenvalue weighted by atomic mass is 19.4. The molecule has 0 bridgehead atoms. The monoisotopic (exact) mass is 513 g/mol. The average Bonchev–Trinajstić information content (AvgIpc) is 2.90. The molecule has 1 fully saturated rings. The molecule has 0 unspecified atom stereocenters. The van der Waals surface area contributed by atoms with Gasteiger partial charge in [-0.15, -0.1) is 0 Å². The third kappa shape index (κ3) is 5.08. The lowest BCUT2D eigenvalue weighted by molar-refractivity contribution is -0.137. The lowest BCUT2D eigenvalue weighted by Gasteiger charge is -2.49. The Kier molecular flexibility index (Phi) is 6.70. The summed E-state index contributed by atoms with van der Waals surface area (Å²) in [6, 6.07) is 17.3. The number of methoxy groups -OCH3 is 1. The zero-order valence-electron chi connectivity index (χ0n) is 20.3. The van der Waals surface area contributed by atoms with Gasteiger partial charge < -0.3 is 19.9 Å². The predicted molar refractivity (Wildman–Crippen MR) is 133 cm³/mol. The van der Waals surface area contributed by atoms with Crippen LogP contribution in [0.1, 0.15) is 16.7 Å². The number of rotatable bonds is 5. The Balaban J connectivity index is 1.45. The third-order valence-electron chi connectivity index (χ3n) is 7.21. The van der Waals surface area contributed by atoms with Crippen LogP contribution in [0.5, 0.6) is 5.75 Å². The van der Waals surface area contributed by atoms with Crippen LogP contribution in [0.25, 0.3) is 0 Å². The second kappa shape index (κ2) is 9.95. The van der Waals surface area contributed by atoms with Crippen molar-refractivity contribution in [3.8, 4) is 5.75 Å². The largest absolute Gasteiger partial charge is 0.497 e. The van der Waals surface area contributed by atoms with E-state index in [1.54, 1.807) is 25.3 Å². The molecule has 37 heavy (non-hydrogen) atoms. The van der Waals surface area contributed by atoms with Crippen molar-refractivity contribution in [1.82, 2.24) is 5.32 Å². The fourth-order valence-corrected chi connectivity index (χ4v) is 5.30. The van der Waals surface area contributed by atoms with Gasteiger partial charge in [-0.2, -0.15) is 13.2 Å². The van der Waals surface area contributed by atoms with Crippen molar-refractivity contribution in [3.05, 3.63) is 89.2 Å². The zero-order chi connectivity index (χ0) is 26.2. The molecule has 0 saturated carbocycles. The number of anilines is 2. The van der Waals surface area contributed by atoms with Gasteiger partial charge in [-0.1, -0.05) is 24.3 Å². The number of halogens is 4. The predicted octanol–water partition coefficient (Wildman–Crippen LogP) is 5.04. The van der Waals surface area contributed by atoms with Gasteiger partial charge in [-0.3, -0.25) is 4.79 Å². The minimum absolute atomic E-state index is 0.00374. The Hall–Kier alpha value is -3.75. The summed E-state index contributed by atoms with van der Waals surface area (Å²) in [5.41, 5.74) is 1.78. The van der Waals surface area contributed by atoms with Crippen LogP contribution >= 0.6 is 0 Å². The first-order chi connectivity index (χ1) is 17.7. The first-order valence-electron chi connectivity index (χ1n) is 12.1. The number of nitrogens with one attached hydrogen (secondary N) is 1. The molecule has 0 aliphatic carbocycles. The molecular weight excluding hydrogens is 486 g/mol. The number of fused-ring (bicyclic) bond motifs is 3. The number of carbonyl (C=O) groups is 1. The van der Waals surface area contributed by atoms with Crippen LogP contribution in [0.4, 0.5) is 28.9 Å². The van der Waals surface area contributed by atoms with Crippen molar-refractivity contribution in [2.24, 2.45) is 5.92 Å². The number of alkyl halides is 3. The Bertz CT molecular complexity index is 1300. The van der Waals surface area contributed by atoms with Crippen molar-refractivity contribution in [3.63, 3.8) is 0 Å². The molecule has 5 rings (SSSR count). The first kappa shape index (κ1) is 24.9. The minimum atomic E-state index is -4.47. The van der Waals surface area contributed by atoms with Gasteiger partial charge in [-0.05, 0) is 48.4 Å². The quantitative estimate of drug-likeness (QED) is 0.486. The van der Waals surface area contributed by atoms with Crippen LogP contribution in [-0.2, 0) is 23.9 Å². The molecule has 194 valence electrons. The summed E-state index contributed by atoms with van der Waals surface area (Å²) < 4.78 is 59.8. The van der Waals surface area contributed by atoms with Crippen molar-refractivity contribution >= 4 is 17.3 Å². The van der Waals surface area contributed by atoms with Gasteiger partial charge in [0.25, 0.3) is 0 Å². The van der Waals surface area contributed by atoms with Gasteiger partial charge in [0.15, 0.2) is 0 Å². The van der Waals surface area contributed by atoms with Crippen molar-refractivity contribution in [1.29, 1.82) is 0 Å². The maximum atomic E-state index is 14.1. The summed E-state index contributed by atoms with van der Waals surface area (Å²) in [7, 11) is 1.60. The molecule has 0 aromatic heterocycles. The van der Waals surface area contributed by atoms with Crippen molar-refractivity contribution in [2.75, 3.05) is 36.5 Å². The van der Waals surface area contributed by atoms with E-state index in [4.69, 9.17) is 4.74 Å². The van der Waals surface area contributed by atoms with E-state index in [2.05, 4.69) is 10.2 Å². The number of amides is 1. The second-order valence-electron chi connectivity index (χ2n) is 9.37. The Morgan fingerprint density at radius 1 is 1.05 bits per heavy atom. The topological polar surface area (TPSA) is 44.8 Å². The van der Waals surface area contributed by atoms with E-state index < -0.39 is 23.5 Å². The van der Waals surface area contributed by atoms with Crippen LogP contribution < -0.4 is 19.9 Å². The molecule has 2 heterocycles. The summed E-state index contributed by atoms with van der Waals surface area (Å²) in [4.78, 5) is 17.7. The van der Waals surface area contributed by atoms with E-state index in [0.717, 1.165) is 23.5 Å². The molecule has 3 aromatic rings. The molecule has 1 saturated heterocycles. The summed E-state index contributed by atoms with van der Waals surface area (Å²) >= 11 is 0. The smallest absolute Gasteiger partial charge is 0.416 e. The number of hydrogen-bond acceptors (Lipinski definition) is 4. The summed E-state index contributed by atoms with van der Waals surface area (Å²) in [5, 5.41) is 2.82. The van der Waals surface area contributed by atoms with Crippen LogP contribution in [-0.4, -0.2) is 38.7 Å². The summed E-state index contributed by atoms with van der Waals surface area (Å²) in [6.07, 6.45) is -4.31. The highest BCUT2D eigenvalue weighted by Crippen LogP contribution is 2.40. The molecule has 5 nitrogen and oxygen atoms in total. The van der Waals surface area contributed by atoms with E-state index in [9.17, 15) is 22.4 Å². The molecule has 0 radical (unpaired) electrons. The molecule has 0 spiro atoms. The molecule has 2 atom stereocenters. The highest BCUT2D eigenvalue weighted by molar-refractivity contribution is 5.82. The van der Waals surface area contributed by atoms with Gasteiger partial charge >= 0.3 is 6.18 Å². The Morgan fingerprint density at radius 3 is 2.62 bits per heavy atom. The molecule has 2 aliphatic heterocycles. The third-order valence-corrected chi connectivity index (χ3v) is 7.21. The number of hydrogen-bond donors (Lipinski definition) is 1. The van der Waals surface area contributed by atoms with Gasteiger partial charge in [0.05, 0.1) is 24.6 Å². The molecule has 1 N–H and O–H groups in total. The van der Waals surface area contributed by atoms with E-state index in [-0.39, 0.29) is 24.9 Å². The zero-order valence-corrected chi connectivity index (χ0v) is 20.3. The van der Waals surface area contributed by atoms with E-state index in [1.165, 1.54) is 12.1 Å². The SMILES string of the molecule is COc1cccc(N2CCN3c4ccc(C(F)(F)F)cc4C[C@H](C(=O)NCc4ccccc4F)[C@@H]3C2)c1. The lowest BCUT2D eigenvalue weighted by atomic mass is 9.82. The van der Waals surface area contributed by atoms with Crippen LogP contribution in [0.3, 0.4) is 0 Å². The Labute approximate surface area is 212 Å².